The molecule has 1 heterocycles. The summed E-state index contributed by atoms with van der Waals surface area (Å²) in [5.41, 5.74) is 1.46. The molecule has 32 heavy (non-hydrogen) atoms. The lowest BCUT2D eigenvalue weighted by Crippen LogP contribution is -2.31. The van der Waals surface area contributed by atoms with Gasteiger partial charge in [0.1, 0.15) is 0 Å². The van der Waals surface area contributed by atoms with Gasteiger partial charge in [-0.2, -0.15) is 0 Å². The maximum absolute atomic E-state index is 13.5. The smallest absolute Gasteiger partial charge is 0.264 e. The zero-order valence-electron chi connectivity index (χ0n) is 17.3. The van der Waals surface area contributed by atoms with E-state index in [4.69, 9.17) is 0 Å². The number of hydrogen-bond donors (Lipinski definition) is 0. The Labute approximate surface area is 188 Å². The van der Waals surface area contributed by atoms with Crippen molar-refractivity contribution >= 4 is 37.3 Å². The number of sulfonamides is 2. The number of nitrogens with zero attached hydrogens (tertiary/aromatic N) is 2. The average molecular weight is 471 g/mol. The Morgan fingerprint density at radius 1 is 0.906 bits per heavy atom. The first-order chi connectivity index (χ1) is 15.2. The number of anilines is 2. The zero-order valence-corrected chi connectivity index (χ0v) is 19.0. The lowest BCUT2D eigenvalue weighted by Gasteiger charge is -2.25. The first-order valence-corrected chi connectivity index (χ1v) is 13.0. The molecule has 3 aromatic rings. The summed E-state index contributed by atoms with van der Waals surface area (Å²) >= 11 is 0. The van der Waals surface area contributed by atoms with Crippen molar-refractivity contribution in [2.75, 3.05) is 14.4 Å². The van der Waals surface area contributed by atoms with Crippen LogP contribution in [0, 0.1) is 5.92 Å². The quantitative estimate of drug-likeness (QED) is 0.551. The molecule has 0 N–H and O–H groups in total. The van der Waals surface area contributed by atoms with Crippen molar-refractivity contribution in [3.8, 4) is 0 Å². The van der Waals surface area contributed by atoms with Crippen LogP contribution in [0.3, 0.4) is 0 Å². The number of carbonyl (C=O) groups excluding carboxylic acids is 1. The molecule has 0 spiro atoms. The molecular formula is C23H22N2O5S2. The molecule has 1 saturated heterocycles. The summed E-state index contributed by atoms with van der Waals surface area (Å²) in [5.74, 6) is -1.41. The monoisotopic (exact) mass is 470 g/mol. The van der Waals surface area contributed by atoms with Gasteiger partial charge in [-0.1, -0.05) is 55.5 Å². The van der Waals surface area contributed by atoms with Gasteiger partial charge in [0, 0.05) is 0 Å². The van der Waals surface area contributed by atoms with Gasteiger partial charge < -0.3 is 0 Å². The molecular weight excluding hydrogens is 448 g/mol. The summed E-state index contributed by atoms with van der Waals surface area (Å²) < 4.78 is 53.8. The van der Waals surface area contributed by atoms with Crippen LogP contribution in [0.1, 0.15) is 12.5 Å². The second-order valence-electron chi connectivity index (χ2n) is 7.61. The van der Waals surface area contributed by atoms with E-state index in [-0.39, 0.29) is 22.9 Å². The lowest BCUT2D eigenvalue weighted by atomic mass is 10.2. The molecule has 0 aromatic heterocycles. The molecule has 9 heteroatoms. The number of para-hydroxylation sites is 1. The van der Waals surface area contributed by atoms with E-state index in [0.29, 0.717) is 5.69 Å². The number of benzene rings is 3. The fraction of sp³-hybridized carbons (Fsp3) is 0.174. The predicted octanol–water partition coefficient (Wildman–Crippen LogP) is 3.39. The second-order valence-corrected chi connectivity index (χ2v) is 11.3. The van der Waals surface area contributed by atoms with Crippen molar-refractivity contribution in [1.29, 1.82) is 0 Å². The molecule has 4 rings (SSSR count). The third kappa shape index (κ3) is 4.13. The summed E-state index contributed by atoms with van der Waals surface area (Å²) in [5, 5.41) is 0. The van der Waals surface area contributed by atoms with Crippen molar-refractivity contribution in [1.82, 2.24) is 0 Å². The fourth-order valence-electron chi connectivity index (χ4n) is 3.63. The van der Waals surface area contributed by atoms with Gasteiger partial charge in [-0.25, -0.2) is 21.1 Å². The third-order valence-electron chi connectivity index (χ3n) is 5.23. The Bertz CT molecular complexity index is 1320. The van der Waals surface area contributed by atoms with E-state index in [0.717, 1.165) is 9.87 Å². The topological polar surface area (TPSA) is 91.8 Å². The summed E-state index contributed by atoms with van der Waals surface area (Å²) in [7, 11) is -7.73. The average Bonchev–Trinajstić information content (AvgIpc) is 2.99. The number of hydrogen-bond acceptors (Lipinski definition) is 5. The molecule has 1 amide bonds. The van der Waals surface area contributed by atoms with Crippen LogP contribution < -0.4 is 8.61 Å². The maximum Gasteiger partial charge on any atom is 0.264 e. The van der Waals surface area contributed by atoms with Crippen LogP contribution >= 0.6 is 0 Å². The van der Waals surface area contributed by atoms with Gasteiger partial charge in [0.15, 0.2) is 0 Å². The Kier molecular flexibility index (Phi) is 5.79. The van der Waals surface area contributed by atoms with Crippen molar-refractivity contribution < 1.29 is 21.6 Å². The van der Waals surface area contributed by atoms with Gasteiger partial charge in [-0.15, -0.1) is 0 Å². The van der Waals surface area contributed by atoms with Crippen LogP contribution in [0.5, 0.6) is 0 Å². The summed E-state index contributed by atoms with van der Waals surface area (Å²) in [6.45, 7) is 1.69. The van der Waals surface area contributed by atoms with Gasteiger partial charge in [0.05, 0.1) is 34.5 Å². The molecule has 0 saturated carbocycles. The highest BCUT2D eigenvalue weighted by atomic mass is 32.2. The molecule has 0 radical (unpaired) electrons. The molecule has 3 aromatic carbocycles. The zero-order chi connectivity index (χ0) is 22.9. The first kappa shape index (κ1) is 22.0. The summed E-state index contributed by atoms with van der Waals surface area (Å²) in [6, 6.07) is 23.4. The molecule has 0 unspecified atom stereocenters. The highest BCUT2D eigenvalue weighted by molar-refractivity contribution is 7.94. The van der Waals surface area contributed by atoms with Crippen molar-refractivity contribution in [2.45, 2.75) is 18.4 Å². The SMILES string of the molecule is C[C@H]1CS(=O)(=O)N(c2ccc(S(=O)(=O)N(Cc3ccccc3)c3ccccc3)cc2)C1=O. The molecule has 0 aliphatic carbocycles. The van der Waals surface area contributed by atoms with Crippen LogP contribution in [-0.2, 0) is 31.4 Å². The number of rotatable bonds is 6. The van der Waals surface area contributed by atoms with Crippen LogP contribution in [0.2, 0.25) is 0 Å². The van der Waals surface area contributed by atoms with Crippen LogP contribution in [-0.4, -0.2) is 28.5 Å². The van der Waals surface area contributed by atoms with Gasteiger partial charge in [-0.05, 0) is 42.0 Å². The van der Waals surface area contributed by atoms with Crippen molar-refractivity contribution in [3.05, 3.63) is 90.5 Å². The highest BCUT2D eigenvalue weighted by Crippen LogP contribution is 2.31. The minimum atomic E-state index is -3.97. The Balaban J connectivity index is 1.71. The van der Waals surface area contributed by atoms with Crippen molar-refractivity contribution in [2.24, 2.45) is 5.92 Å². The number of amides is 1. The Morgan fingerprint density at radius 3 is 2.00 bits per heavy atom. The lowest BCUT2D eigenvalue weighted by molar-refractivity contribution is -0.119. The standard InChI is InChI=1S/C23H22N2O5S2/c1-18-17-31(27,28)25(23(18)26)21-12-14-22(15-13-21)32(29,30)24(20-10-6-3-7-11-20)16-19-8-4-2-5-9-19/h2-15,18H,16-17H2,1H3/t18-/m0/s1. The first-order valence-electron chi connectivity index (χ1n) is 9.99. The molecule has 1 atom stereocenters. The van der Waals surface area contributed by atoms with E-state index in [1.165, 1.54) is 28.6 Å². The van der Waals surface area contributed by atoms with Crippen molar-refractivity contribution in [3.63, 3.8) is 0 Å². The predicted molar refractivity (Wildman–Crippen MR) is 123 cm³/mol. The molecule has 7 nitrogen and oxygen atoms in total. The summed E-state index contributed by atoms with van der Waals surface area (Å²) in [6.07, 6.45) is 0. The third-order valence-corrected chi connectivity index (χ3v) is 8.89. The second kappa shape index (κ2) is 8.40. The molecule has 166 valence electrons. The van der Waals surface area contributed by atoms with Gasteiger partial charge >= 0.3 is 0 Å². The number of carbonyl (C=O) groups is 1. The van der Waals surface area contributed by atoms with E-state index in [9.17, 15) is 21.6 Å². The molecule has 0 bridgehead atoms. The van der Waals surface area contributed by atoms with Crippen LogP contribution in [0.15, 0.2) is 89.8 Å². The minimum absolute atomic E-state index is 0.00173. The van der Waals surface area contributed by atoms with Crippen LogP contribution in [0.25, 0.3) is 0 Å². The largest absolute Gasteiger partial charge is 0.273 e. The van der Waals surface area contributed by atoms with Gasteiger partial charge in [0.25, 0.3) is 10.0 Å². The maximum atomic E-state index is 13.5. The fourth-order valence-corrected chi connectivity index (χ4v) is 6.90. The molecule has 1 aliphatic rings. The van der Waals surface area contributed by atoms with E-state index in [2.05, 4.69) is 0 Å². The summed E-state index contributed by atoms with van der Waals surface area (Å²) in [4.78, 5) is 12.3. The molecule has 1 fully saturated rings. The Morgan fingerprint density at radius 2 is 1.47 bits per heavy atom. The van der Waals surface area contributed by atoms with E-state index in [1.54, 1.807) is 37.3 Å². The Hall–Kier alpha value is -3.17. The van der Waals surface area contributed by atoms with Gasteiger partial charge in [-0.3, -0.25) is 9.10 Å². The van der Waals surface area contributed by atoms with Crippen LogP contribution in [0.4, 0.5) is 11.4 Å². The van der Waals surface area contributed by atoms with E-state index in [1.807, 2.05) is 30.3 Å². The molecule has 1 aliphatic heterocycles. The normalized spacial score (nSPS) is 18.0. The van der Waals surface area contributed by atoms with Gasteiger partial charge in [0.2, 0.25) is 15.9 Å². The van der Waals surface area contributed by atoms with E-state index >= 15 is 0 Å². The minimum Gasteiger partial charge on any atom is -0.273 e. The van der Waals surface area contributed by atoms with E-state index < -0.39 is 31.9 Å². The highest BCUT2D eigenvalue weighted by Gasteiger charge is 2.42.